The molecular formula is C10H15N. The highest BCUT2D eigenvalue weighted by atomic mass is 14.8. The van der Waals surface area contributed by atoms with Gasteiger partial charge in [-0.3, -0.25) is 0 Å². The predicted molar refractivity (Wildman–Crippen MR) is 48.7 cm³/mol. The third-order valence-electron chi connectivity index (χ3n) is 1.25. The van der Waals surface area contributed by atoms with Crippen LogP contribution in [0.5, 0.6) is 0 Å². The van der Waals surface area contributed by atoms with Crippen LogP contribution in [0.4, 0.5) is 0 Å². The number of likely N-dealkylation sites (N-methyl/N-ethyl adjacent to an activating group) is 1. The Morgan fingerprint density at radius 2 is 2.45 bits per heavy atom. The van der Waals surface area contributed by atoms with Crippen LogP contribution in [0.15, 0.2) is 30.3 Å². The van der Waals surface area contributed by atoms with Crippen molar-refractivity contribution in [1.29, 1.82) is 0 Å². The van der Waals surface area contributed by atoms with Gasteiger partial charge in [0.25, 0.3) is 0 Å². The van der Waals surface area contributed by atoms with Gasteiger partial charge in [0.15, 0.2) is 0 Å². The van der Waals surface area contributed by atoms with Crippen molar-refractivity contribution in [3.05, 3.63) is 35.9 Å². The minimum atomic E-state index is -2.95. The number of benzene rings is 1. The van der Waals surface area contributed by atoms with Gasteiger partial charge in [-0.25, -0.2) is 0 Å². The number of rotatable bonds is 3. The van der Waals surface area contributed by atoms with Gasteiger partial charge < -0.3 is 5.32 Å². The molecule has 0 saturated heterocycles. The lowest BCUT2D eigenvalue weighted by molar-refractivity contribution is 0.608. The molecule has 0 aromatic heterocycles. The smallest absolute Gasteiger partial charge is 0.0465 e. The molecule has 0 saturated carbocycles. The summed E-state index contributed by atoms with van der Waals surface area (Å²) in [5.41, 5.74) is 0.269. The normalized spacial score (nSPS) is 31.6. The molecule has 0 fully saturated rings. The highest BCUT2D eigenvalue weighted by Gasteiger charge is 1.97. The Balaban J connectivity index is 3.18. The molecule has 1 N–H and O–H groups in total. The van der Waals surface area contributed by atoms with Crippen molar-refractivity contribution < 1.29 is 11.0 Å². The summed E-state index contributed by atoms with van der Waals surface area (Å²) in [5, 5.41) is 1.79. The standard InChI is InChI=1S/C10H15N/c1-9(11-2)8-10-6-4-3-5-7-10/h3-7,9,11H,8H2,1-2H3/i1D3,2D3,8D,9D. The zero-order chi connectivity index (χ0) is 14.9. The van der Waals surface area contributed by atoms with Crippen molar-refractivity contribution in [2.45, 2.75) is 19.3 Å². The van der Waals surface area contributed by atoms with Crippen molar-refractivity contribution in [3.8, 4) is 0 Å². The van der Waals surface area contributed by atoms with Gasteiger partial charge >= 0.3 is 0 Å². The van der Waals surface area contributed by atoms with Gasteiger partial charge in [0.2, 0.25) is 0 Å². The lowest BCUT2D eigenvalue weighted by Gasteiger charge is -2.08. The molecule has 0 amide bonds. The Labute approximate surface area is 79.7 Å². The monoisotopic (exact) mass is 157 g/mol. The first-order valence-corrected chi connectivity index (χ1v) is 3.24. The van der Waals surface area contributed by atoms with Crippen molar-refractivity contribution in [1.82, 2.24) is 5.32 Å². The molecule has 2 unspecified atom stereocenters. The average molecular weight is 157 g/mol. The molecule has 0 heterocycles. The van der Waals surface area contributed by atoms with E-state index in [0.717, 1.165) is 0 Å². The molecule has 1 aromatic carbocycles. The Morgan fingerprint density at radius 1 is 1.64 bits per heavy atom. The van der Waals surface area contributed by atoms with E-state index in [9.17, 15) is 0 Å². The minimum Gasteiger partial charge on any atom is -0.317 e. The SMILES string of the molecule is [2H]C(c1ccccc1)C([2H])(NC([2H])([2H])[2H])C([2H])([2H])[2H]. The van der Waals surface area contributed by atoms with Gasteiger partial charge in [0.1, 0.15) is 0 Å². The fourth-order valence-corrected chi connectivity index (χ4v) is 0.752. The van der Waals surface area contributed by atoms with E-state index in [2.05, 4.69) is 0 Å². The van der Waals surface area contributed by atoms with Crippen LogP contribution in [0.3, 0.4) is 0 Å². The predicted octanol–water partition coefficient (Wildman–Crippen LogP) is 1.84. The van der Waals surface area contributed by atoms with Gasteiger partial charge in [-0.2, -0.15) is 0 Å². The average Bonchev–Trinajstić information content (AvgIpc) is 2.25. The number of nitrogens with one attached hydrogen (secondary N) is 1. The third-order valence-corrected chi connectivity index (χ3v) is 1.25. The van der Waals surface area contributed by atoms with Crippen LogP contribution in [0.2, 0.25) is 0 Å². The Kier molecular flexibility index (Phi) is 0.977. The summed E-state index contributed by atoms with van der Waals surface area (Å²) < 4.78 is 59.2. The first kappa shape index (κ1) is 2.60. The van der Waals surface area contributed by atoms with Crippen LogP contribution in [0.1, 0.15) is 23.4 Å². The second-order valence-corrected chi connectivity index (χ2v) is 2.09. The number of hydrogen-bond acceptors (Lipinski definition) is 1. The second kappa shape index (κ2) is 4.14. The Bertz CT molecular complexity index is 412. The maximum atomic E-state index is 7.95. The molecule has 1 nitrogen and oxygen atoms in total. The molecular weight excluding hydrogens is 134 g/mol. The van der Waals surface area contributed by atoms with E-state index >= 15 is 0 Å². The van der Waals surface area contributed by atoms with Crippen molar-refractivity contribution in [2.24, 2.45) is 0 Å². The molecule has 0 aliphatic rings. The fraction of sp³-hybridized carbons (Fsp3) is 0.400. The minimum absolute atomic E-state index is 0.269. The molecule has 60 valence electrons. The van der Waals surface area contributed by atoms with E-state index in [0.29, 0.717) is 0 Å². The first-order valence-electron chi connectivity index (χ1n) is 7.32. The summed E-state index contributed by atoms with van der Waals surface area (Å²) in [6.45, 7) is -5.77. The highest BCUT2D eigenvalue weighted by molar-refractivity contribution is 5.15. The molecule has 1 aromatic rings. The van der Waals surface area contributed by atoms with E-state index < -0.39 is 26.2 Å². The van der Waals surface area contributed by atoms with Crippen LogP contribution in [-0.4, -0.2) is 13.0 Å². The largest absolute Gasteiger partial charge is 0.317 e. The third kappa shape index (κ3) is 2.72. The quantitative estimate of drug-likeness (QED) is 0.706. The molecule has 0 spiro atoms. The Morgan fingerprint density at radius 3 is 3.09 bits per heavy atom. The first-order chi connectivity index (χ1) is 8.47. The summed E-state index contributed by atoms with van der Waals surface area (Å²) in [6.07, 6.45) is -1.55. The van der Waals surface area contributed by atoms with E-state index in [1.165, 1.54) is 12.1 Å². The van der Waals surface area contributed by atoms with Gasteiger partial charge in [0, 0.05) is 17.0 Å². The lowest BCUT2D eigenvalue weighted by atomic mass is 10.1. The lowest BCUT2D eigenvalue weighted by Crippen LogP contribution is -2.23. The van der Waals surface area contributed by atoms with E-state index in [4.69, 9.17) is 11.0 Å². The van der Waals surface area contributed by atoms with Gasteiger partial charge in [-0.15, -0.1) is 0 Å². The van der Waals surface area contributed by atoms with E-state index in [1.54, 1.807) is 23.5 Å². The zero-order valence-electron chi connectivity index (χ0n) is 14.0. The van der Waals surface area contributed by atoms with Gasteiger partial charge in [-0.05, 0) is 25.8 Å². The van der Waals surface area contributed by atoms with E-state index in [-0.39, 0.29) is 5.56 Å². The van der Waals surface area contributed by atoms with Crippen LogP contribution in [-0.2, 0) is 6.40 Å². The topological polar surface area (TPSA) is 12.0 Å². The molecule has 0 bridgehead atoms. The number of hydrogen-bond donors (Lipinski definition) is 1. The molecule has 11 heavy (non-hydrogen) atoms. The van der Waals surface area contributed by atoms with Crippen molar-refractivity contribution in [2.75, 3.05) is 6.98 Å². The summed E-state index contributed by atoms with van der Waals surface area (Å²) in [4.78, 5) is 0. The molecule has 2 atom stereocenters. The van der Waals surface area contributed by atoms with Gasteiger partial charge in [-0.1, -0.05) is 30.3 Å². The summed E-state index contributed by atoms with van der Waals surface area (Å²) in [7, 11) is 0. The Hall–Kier alpha value is -0.820. The van der Waals surface area contributed by atoms with Crippen LogP contribution in [0, 0.1) is 0 Å². The van der Waals surface area contributed by atoms with Gasteiger partial charge in [0.05, 0.1) is 0 Å². The molecule has 0 aliphatic heterocycles. The summed E-state index contributed by atoms with van der Waals surface area (Å²) in [6, 6.07) is 5.27. The van der Waals surface area contributed by atoms with Crippen LogP contribution >= 0.6 is 0 Å². The van der Waals surface area contributed by atoms with Crippen molar-refractivity contribution in [3.63, 3.8) is 0 Å². The van der Waals surface area contributed by atoms with Crippen LogP contribution < -0.4 is 5.32 Å². The maximum Gasteiger partial charge on any atom is 0.0465 e. The van der Waals surface area contributed by atoms with E-state index in [1.807, 2.05) is 0 Å². The maximum absolute atomic E-state index is 7.95. The fourth-order valence-electron chi connectivity index (χ4n) is 0.752. The molecule has 1 heteroatoms. The summed E-state index contributed by atoms with van der Waals surface area (Å²) in [5.74, 6) is 0. The van der Waals surface area contributed by atoms with Crippen LogP contribution in [0.25, 0.3) is 0 Å². The molecule has 0 aliphatic carbocycles. The zero-order valence-corrected chi connectivity index (χ0v) is 5.96. The molecule has 0 radical (unpaired) electrons. The molecule has 1 rings (SSSR count). The second-order valence-electron chi connectivity index (χ2n) is 2.09. The van der Waals surface area contributed by atoms with Crippen molar-refractivity contribution >= 4 is 0 Å². The highest BCUT2D eigenvalue weighted by Crippen LogP contribution is 2.01. The summed E-state index contributed by atoms with van der Waals surface area (Å²) >= 11 is 0.